The molecule has 0 fully saturated rings. The van der Waals surface area contributed by atoms with Crippen molar-refractivity contribution in [2.45, 2.75) is 31.2 Å². The third kappa shape index (κ3) is 5.07. The Labute approximate surface area is 164 Å². The van der Waals surface area contributed by atoms with Gasteiger partial charge >= 0.3 is 0 Å². The number of anilines is 2. The van der Waals surface area contributed by atoms with Crippen molar-refractivity contribution in [1.29, 1.82) is 0 Å². The van der Waals surface area contributed by atoms with Crippen LogP contribution in [-0.4, -0.2) is 13.4 Å². The second kappa shape index (κ2) is 8.39. The van der Waals surface area contributed by atoms with E-state index in [1.807, 2.05) is 12.1 Å². The molecule has 0 radical (unpaired) electrons. The lowest BCUT2D eigenvalue weighted by atomic mass is 10.0. The average Bonchev–Trinajstić information content (AvgIpc) is 2.68. The number of nitrogens with zero attached hydrogens (tertiary/aromatic N) is 1. The Kier molecular flexibility index (Phi) is 5.94. The molecule has 0 spiro atoms. The molecule has 5 nitrogen and oxygen atoms in total. The number of halogens is 1. The van der Waals surface area contributed by atoms with E-state index in [1.54, 1.807) is 36.4 Å². The highest BCUT2D eigenvalue weighted by molar-refractivity contribution is 7.92. The van der Waals surface area contributed by atoms with Gasteiger partial charge < -0.3 is 5.32 Å². The molecule has 0 saturated carbocycles. The fourth-order valence-corrected chi connectivity index (χ4v) is 3.64. The number of rotatable bonds is 7. The molecular weight excluding hydrogens is 377 g/mol. The minimum Gasteiger partial charge on any atom is -0.366 e. The number of sulfonamides is 1. The Balaban J connectivity index is 1.63. The van der Waals surface area contributed by atoms with Crippen molar-refractivity contribution >= 4 is 21.5 Å². The van der Waals surface area contributed by atoms with Gasteiger partial charge in [-0.1, -0.05) is 38.1 Å². The standard InChI is InChI=1S/C21H22FN3O2S/c1-15(2)17-5-10-20(11-6-17)28(26,27)25-19-9-12-21(24-14-19)23-13-16-3-7-18(22)8-4-16/h3-12,14-15,25H,13H2,1-2H3,(H,23,24). The number of aromatic nitrogens is 1. The van der Waals surface area contributed by atoms with E-state index in [-0.39, 0.29) is 10.7 Å². The molecule has 0 aliphatic carbocycles. The maximum atomic E-state index is 12.9. The van der Waals surface area contributed by atoms with E-state index in [0.717, 1.165) is 11.1 Å². The lowest BCUT2D eigenvalue weighted by molar-refractivity contribution is 0.601. The van der Waals surface area contributed by atoms with Gasteiger partial charge in [0.1, 0.15) is 11.6 Å². The predicted molar refractivity (Wildman–Crippen MR) is 109 cm³/mol. The van der Waals surface area contributed by atoms with E-state index < -0.39 is 10.0 Å². The Hall–Kier alpha value is -2.93. The van der Waals surface area contributed by atoms with Gasteiger partial charge in [-0.15, -0.1) is 0 Å². The summed E-state index contributed by atoms with van der Waals surface area (Å²) in [4.78, 5) is 4.42. The van der Waals surface area contributed by atoms with Crippen LogP contribution >= 0.6 is 0 Å². The van der Waals surface area contributed by atoms with E-state index in [9.17, 15) is 12.8 Å². The monoisotopic (exact) mass is 399 g/mol. The van der Waals surface area contributed by atoms with Gasteiger partial charge in [-0.05, 0) is 53.4 Å². The van der Waals surface area contributed by atoms with Gasteiger partial charge in [0.2, 0.25) is 0 Å². The molecule has 0 aliphatic heterocycles. The fourth-order valence-electron chi connectivity index (χ4n) is 2.60. The third-order valence-electron chi connectivity index (χ3n) is 4.26. The van der Waals surface area contributed by atoms with Crippen LogP contribution in [0.25, 0.3) is 0 Å². The predicted octanol–water partition coefficient (Wildman–Crippen LogP) is 4.76. The fraction of sp³-hybridized carbons (Fsp3) is 0.190. The number of nitrogens with one attached hydrogen (secondary N) is 2. The van der Waals surface area contributed by atoms with E-state index >= 15 is 0 Å². The number of pyridine rings is 1. The van der Waals surface area contributed by atoms with Crippen LogP contribution in [-0.2, 0) is 16.6 Å². The topological polar surface area (TPSA) is 71.1 Å². The molecule has 0 bridgehead atoms. The molecule has 0 amide bonds. The van der Waals surface area contributed by atoms with Crippen LogP contribution in [0.3, 0.4) is 0 Å². The number of hydrogen-bond donors (Lipinski definition) is 2. The summed E-state index contributed by atoms with van der Waals surface area (Å²) in [5.41, 5.74) is 2.37. The Morgan fingerprint density at radius 2 is 1.64 bits per heavy atom. The lowest BCUT2D eigenvalue weighted by Gasteiger charge is -2.11. The van der Waals surface area contributed by atoms with E-state index in [2.05, 4.69) is 28.9 Å². The van der Waals surface area contributed by atoms with Gasteiger partial charge in [0, 0.05) is 6.54 Å². The maximum Gasteiger partial charge on any atom is 0.261 e. The summed E-state index contributed by atoms with van der Waals surface area (Å²) in [6, 6.07) is 16.3. The molecule has 2 N–H and O–H groups in total. The van der Waals surface area contributed by atoms with Crippen molar-refractivity contribution in [3.63, 3.8) is 0 Å². The van der Waals surface area contributed by atoms with Crippen LogP contribution in [0.2, 0.25) is 0 Å². The minimum absolute atomic E-state index is 0.204. The van der Waals surface area contributed by atoms with Gasteiger partial charge in [-0.3, -0.25) is 4.72 Å². The Bertz CT molecular complexity index is 1020. The highest BCUT2D eigenvalue weighted by Crippen LogP contribution is 2.20. The first-order valence-corrected chi connectivity index (χ1v) is 10.4. The number of hydrogen-bond acceptors (Lipinski definition) is 4. The first kappa shape index (κ1) is 19.8. The summed E-state index contributed by atoms with van der Waals surface area (Å²) in [6.45, 7) is 4.60. The zero-order chi connectivity index (χ0) is 20.1. The van der Waals surface area contributed by atoms with Crippen molar-refractivity contribution in [3.8, 4) is 0 Å². The molecule has 0 atom stereocenters. The number of benzene rings is 2. The normalized spacial score (nSPS) is 11.4. The van der Waals surface area contributed by atoms with Crippen molar-refractivity contribution < 1.29 is 12.8 Å². The summed E-state index contributed by atoms with van der Waals surface area (Å²) in [7, 11) is -3.67. The van der Waals surface area contributed by atoms with Crippen molar-refractivity contribution in [2.24, 2.45) is 0 Å². The molecule has 0 saturated heterocycles. The first-order chi connectivity index (χ1) is 13.3. The molecule has 0 aliphatic rings. The average molecular weight is 399 g/mol. The van der Waals surface area contributed by atoms with Crippen molar-refractivity contribution in [1.82, 2.24) is 4.98 Å². The molecular formula is C21H22FN3O2S. The molecule has 3 aromatic rings. The first-order valence-electron chi connectivity index (χ1n) is 8.90. The molecule has 3 rings (SSSR count). The van der Waals surface area contributed by atoms with E-state index in [1.165, 1.54) is 18.3 Å². The third-order valence-corrected chi connectivity index (χ3v) is 5.66. The largest absolute Gasteiger partial charge is 0.366 e. The second-order valence-corrected chi connectivity index (χ2v) is 8.42. The van der Waals surface area contributed by atoms with Gasteiger partial charge in [-0.2, -0.15) is 0 Å². The Morgan fingerprint density at radius 1 is 0.964 bits per heavy atom. The molecule has 2 aromatic carbocycles. The quantitative estimate of drug-likeness (QED) is 0.601. The summed E-state index contributed by atoms with van der Waals surface area (Å²) in [5.74, 6) is 0.648. The minimum atomic E-state index is -3.67. The second-order valence-electron chi connectivity index (χ2n) is 6.74. The summed E-state index contributed by atoms with van der Waals surface area (Å²) in [6.07, 6.45) is 1.45. The summed E-state index contributed by atoms with van der Waals surface area (Å²) in [5, 5.41) is 3.11. The van der Waals surface area contributed by atoms with Gasteiger partial charge in [0.15, 0.2) is 0 Å². The molecule has 146 valence electrons. The van der Waals surface area contributed by atoms with Crippen LogP contribution in [0.4, 0.5) is 15.9 Å². The van der Waals surface area contributed by atoms with Crippen molar-refractivity contribution in [2.75, 3.05) is 10.0 Å². The summed E-state index contributed by atoms with van der Waals surface area (Å²) < 4.78 is 40.5. The summed E-state index contributed by atoms with van der Waals surface area (Å²) >= 11 is 0. The van der Waals surface area contributed by atoms with Gasteiger partial charge in [0.25, 0.3) is 10.0 Å². The smallest absolute Gasteiger partial charge is 0.261 e. The van der Waals surface area contributed by atoms with Crippen LogP contribution in [0.15, 0.2) is 71.8 Å². The van der Waals surface area contributed by atoms with Crippen LogP contribution in [0.5, 0.6) is 0 Å². The zero-order valence-corrected chi connectivity index (χ0v) is 16.5. The molecule has 1 aromatic heterocycles. The van der Waals surface area contributed by atoms with Crippen molar-refractivity contribution in [3.05, 3.63) is 83.8 Å². The molecule has 0 unspecified atom stereocenters. The van der Waals surface area contributed by atoms with Crippen LogP contribution in [0, 0.1) is 5.82 Å². The zero-order valence-electron chi connectivity index (χ0n) is 15.7. The lowest BCUT2D eigenvalue weighted by Crippen LogP contribution is -2.13. The molecule has 28 heavy (non-hydrogen) atoms. The SMILES string of the molecule is CC(C)c1ccc(S(=O)(=O)Nc2ccc(NCc3ccc(F)cc3)nc2)cc1. The highest BCUT2D eigenvalue weighted by atomic mass is 32.2. The molecule has 7 heteroatoms. The van der Waals surface area contributed by atoms with E-state index in [4.69, 9.17) is 0 Å². The van der Waals surface area contributed by atoms with Crippen LogP contribution in [0.1, 0.15) is 30.9 Å². The van der Waals surface area contributed by atoms with E-state index in [0.29, 0.717) is 24.0 Å². The van der Waals surface area contributed by atoms with Gasteiger partial charge in [-0.25, -0.2) is 17.8 Å². The van der Waals surface area contributed by atoms with Crippen LogP contribution < -0.4 is 10.0 Å². The van der Waals surface area contributed by atoms with Gasteiger partial charge in [0.05, 0.1) is 16.8 Å². The maximum absolute atomic E-state index is 12.9. The molecule has 1 heterocycles. The highest BCUT2D eigenvalue weighted by Gasteiger charge is 2.14. The Morgan fingerprint density at radius 3 is 2.21 bits per heavy atom.